The molecule has 8 nitrogen and oxygen atoms in total. The molecule has 3 rings (SSSR count). The first-order valence-electron chi connectivity index (χ1n) is 10.4. The number of rotatable bonds is 7. The number of aliphatic hydroxyl groups is 1. The van der Waals surface area contributed by atoms with Gasteiger partial charge < -0.3 is 25.6 Å². The van der Waals surface area contributed by atoms with E-state index in [4.69, 9.17) is 9.84 Å². The van der Waals surface area contributed by atoms with E-state index in [0.29, 0.717) is 0 Å². The number of amides is 2. The van der Waals surface area contributed by atoms with Crippen LogP contribution in [0.4, 0.5) is 4.79 Å². The van der Waals surface area contributed by atoms with Crippen molar-refractivity contribution in [1.29, 1.82) is 0 Å². The Kier molecular flexibility index (Phi) is 6.84. The lowest BCUT2D eigenvalue weighted by atomic mass is 9.86. The van der Waals surface area contributed by atoms with E-state index in [0.717, 1.165) is 22.3 Å². The Labute approximate surface area is 186 Å². The van der Waals surface area contributed by atoms with Gasteiger partial charge in [0.15, 0.2) is 6.10 Å². The molecule has 0 bridgehead atoms. The van der Waals surface area contributed by atoms with Gasteiger partial charge in [-0.05, 0) is 27.7 Å². The fourth-order valence-corrected chi connectivity index (χ4v) is 3.82. The lowest BCUT2D eigenvalue weighted by Crippen LogP contribution is -2.55. The van der Waals surface area contributed by atoms with Gasteiger partial charge in [-0.1, -0.05) is 69.3 Å². The summed E-state index contributed by atoms with van der Waals surface area (Å²) < 4.78 is 5.51. The van der Waals surface area contributed by atoms with Gasteiger partial charge in [0, 0.05) is 5.92 Å². The predicted octanol–water partition coefficient (Wildman–Crippen LogP) is 2.50. The third-order valence-electron chi connectivity index (χ3n) is 5.49. The average Bonchev–Trinajstić information content (AvgIpc) is 3.07. The highest BCUT2D eigenvalue weighted by Crippen LogP contribution is 2.44. The average molecular weight is 440 g/mol. The fraction of sp³-hybridized carbons (Fsp3) is 0.375. The standard InChI is InChI=1S/C24H28N2O6/c1-24(2,3)20(21(28)25-12-19(27)22(29)30)26-23(31)32-13-18-16-10-6-4-8-14(16)15-9-5-7-11-17(15)18/h4-11,18-20,27H,12-13H2,1-3H3,(H,25,28)(H,26,31)(H,29,30). The van der Waals surface area contributed by atoms with Gasteiger partial charge in [0.25, 0.3) is 0 Å². The molecule has 8 heteroatoms. The van der Waals surface area contributed by atoms with Gasteiger partial charge in [-0.2, -0.15) is 0 Å². The van der Waals surface area contributed by atoms with Crippen molar-refractivity contribution in [3.05, 3.63) is 59.7 Å². The number of ether oxygens (including phenoxy) is 1. The van der Waals surface area contributed by atoms with Crippen LogP contribution in [0.5, 0.6) is 0 Å². The SMILES string of the molecule is CC(C)(C)C(NC(=O)OCC1c2ccccc2-c2ccccc21)C(=O)NCC(O)C(=O)O. The molecule has 2 amide bonds. The summed E-state index contributed by atoms with van der Waals surface area (Å²) in [4.78, 5) is 35.9. The number of fused-ring (bicyclic) bond motifs is 3. The van der Waals surface area contributed by atoms with Crippen molar-refractivity contribution >= 4 is 18.0 Å². The minimum atomic E-state index is -1.73. The van der Waals surface area contributed by atoms with Crippen molar-refractivity contribution in [2.45, 2.75) is 38.8 Å². The van der Waals surface area contributed by atoms with Crippen LogP contribution >= 0.6 is 0 Å². The first kappa shape index (κ1) is 23.3. The van der Waals surface area contributed by atoms with E-state index in [1.54, 1.807) is 20.8 Å². The van der Waals surface area contributed by atoms with E-state index < -0.39 is 42.1 Å². The summed E-state index contributed by atoms with van der Waals surface area (Å²) in [5, 5.41) is 23.1. The van der Waals surface area contributed by atoms with Gasteiger partial charge in [-0.25, -0.2) is 9.59 Å². The minimum absolute atomic E-state index is 0.107. The van der Waals surface area contributed by atoms with E-state index in [1.807, 2.05) is 48.5 Å². The van der Waals surface area contributed by atoms with E-state index in [9.17, 15) is 19.5 Å². The molecule has 0 aromatic heterocycles. The predicted molar refractivity (Wildman–Crippen MR) is 118 cm³/mol. The zero-order valence-electron chi connectivity index (χ0n) is 18.3. The molecule has 32 heavy (non-hydrogen) atoms. The second-order valence-corrected chi connectivity index (χ2v) is 8.87. The molecule has 0 heterocycles. The Balaban J connectivity index is 1.66. The monoisotopic (exact) mass is 440 g/mol. The van der Waals surface area contributed by atoms with Crippen LogP contribution in [0.3, 0.4) is 0 Å². The van der Waals surface area contributed by atoms with Gasteiger partial charge in [0.05, 0.1) is 6.54 Å². The Bertz CT molecular complexity index is 968. The zero-order valence-corrected chi connectivity index (χ0v) is 18.3. The number of benzene rings is 2. The molecule has 2 unspecified atom stereocenters. The van der Waals surface area contributed by atoms with Crippen molar-refractivity contribution in [1.82, 2.24) is 10.6 Å². The summed E-state index contributed by atoms with van der Waals surface area (Å²) >= 11 is 0. The van der Waals surface area contributed by atoms with Crippen LogP contribution < -0.4 is 10.6 Å². The first-order valence-corrected chi connectivity index (χ1v) is 10.4. The van der Waals surface area contributed by atoms with Crippen molar-refractivity contribution < 1.29 is 29.3 Å². The number of aliphatic carboxylic acids is 1. The van der Waals surface area contributed by atoms with Gasteiger partial charge in [-0.3, -0.25) is 4.79 Å². The normalized spacial score (nSPS) is 14.6. The number of carbonyl (C=O) groups excluding carboxylic acids is 2. The van der Waals surface area contributed by atoms with Crippen LogP contribution in [0.15, 0.2) is 48.5 Å². The van der Waals surface area contributed by atoms with E-state index in [-0.39, 0.29) is 12.5 Å². The lowest BCUT2D eigenvalue weighted by molar-refractivity contribution is -0.146. The van der Waals surface area contributed by atoms with Crippen LogP contribution in [-0.4, -0.2) is 53.5 Å². The Morgan fingerprint density at radius 1 is 1.00 bits per heavy atom. The topological polar surface area (TPSA) is 125 Å². The summed E-state index contributed by atoms with van der Waals surface area (Å²) in [5.74, 6) is -2.16. The molecular weight excluding hydrogens is 412 g/mol. The molecule has 2 atom stereocenters. The van der Waals surface area contributed by atoms with E-state index in [1.165, 1.54) is 0 Å². The maximum atomic E-state index is 12.6. The molecule has 0 aliphatic heterocycles. The highest BCUT2D eigenvalue weighted by molar-refractivity contribution is 5.87. The largest absolute Gasteiger partial charge is 0.479 e. The molecular formula is C24H28N2O6. The van der Waals surface area contributed by atoms with E-state index in [2.05, 4.69) is 10.6 Å². The molecule has 1 aliphatic carbocycles. The summed E-state index contributed by atoms with van der Waals surface area (Å²) in [7, 11) is 0. The smallest absolute Gasteiger partial charge is 0.407 e. The number of carboxylic acid groups (broad SMARTS) is 1. The quantitative estimate of drug-likeness (QED) is 0.524. The van der Waals surface area contributed by atoms with Crippen LogP contribution in [0, 0.1) is 5.41 Å². The van der Waals surface area contributed by atoms with Gasteiger partial charge >= 0.3 is 12.1 Å². The van der Waals surface area contributed by atoms with Crippen molar-refractivity contribution in [3.63, 3.8) is 0 Å². The molecule has 4 N–H and O–H groups in total. The summed E-state index contributed by atoms with van der Waals surface area (Å²) in [6.07, 6.45) is -2.48. The summed E-state index contributed by atoms with van der Waals surface area (Å²) in [5.41, 5.74) is 3.70. The molecule has 0 saturated carbocycles. The summed E-state index contributed by atoms with van der Waals surface area (Å²) in [6, 6.07) is 15.0. The van der Waals surface area contributed by atoms with Crippen molar-refractivity contribution in [2.75, 3.05) is 13.2 Å². The van der Waals surface area contributed by atoms with Gasteiger partial charge in [0.2, 0.25) is 5.91 Å². The second-order valence-electron chi connectivity index (χ2n) is 8.87. The minimum Gasteiger partial charge on any atom is -0.479 e. The number of carbonyl (C=O) groups is 3. The molecule has 0 saturated heterocycles. The molecule has 0 fully saturated rings. The third-order valence-corrected chi connectivity index (χ3v) is 5.49. The molecule has 2 aromatic rings. The number of carboxylic acids is 1. The maximum absolute atomic E-state index is 12.6. The third kappa shape index (κ3) is 5.08. The van der Waals surface area contributed by atoms with Crippen LogP contribution in [0.1, 0.15) is 37.8 Å². The maximum Gasteiger partial charge on any atom is 0.407 e. The Hall–Kier alpha value is -3.39. The number of hydrogen-bond acceptors (Lipinski definition) is 5. The van der Waals surface area contributed by atoms with E-state index >= 15 is 0 Å². The molecule has 1 aliphatic rings. The van der Waals surface area contributed by atoms with Crippen molar-refractivity contribution in [2.24, 2.45) is 5.41 Å². The van der Waals surface area contributed by atoms with Gasteiger partial charge in [0.1, 0.15) is 12.6 Å². The number of hydrogen-bond donors (Lipinski definition) is 4. The number of aliphatic hydroxyl groups excluding tert-OH is 1. The molecule has 2 aromatic carbocycles. The van der Waals surface area contributed by atoms with Crippen LogP contribution in [0.25, 0.3) is 11.1 Å². The Morgan fingerprint density at radius 3 is 2.03 bits per heavy atom. The summed E-state index contributed by atoms with van der Waals surface area (Å²) in [6.45, 7) is 4.92. The first-order chi connectivity index (χ1) is 15.1. The highest BCUT2D eigenvalue weighted by atomic mass is 16.5. The highest BCUT2D eigenvalue weighted by Gasteiger charge is 2.35. The van der Waals surface area contributed by atoms with Gasteiger partial charge in [-0.15, -0.1) is 0 Å². The molecule has 0 spiro atoms. The molecule has 0 radical (unpaired) electrons. The van der Waals surface area contributed by atoms with Crippen LogP contribution in [0.2, 0.25) is 0 Å². The lowest BCUT2D eigenvalue weighted by Gasteiger charge is -2.30. The Morgan fingerprint density at radius 2 is 1.53 bits per heavy atom. The van der Waals surface area contributed by atoms with Crippen molar-refractivity contribution in [3.8, 4) is 11.1 Å². The second kappa shape index (κ2) is 9.40. The number of alkyl carbamates (subject to hydrolysis) is 1. The fourth-order valence-electron chi connectivity index (χ4n) is 3.82. The zero-order chi connectivity index (χ0) is 23.5. The number of nitrogens with one attached hydrogen (secondary N) is 2. The molecule has 170 valence electrons. The van der Waals surface area contributed by atoms with Crippen LogP contribution in [-0.2, 0) is 14.3 Å².